The molecule has 0 aliphatic carbocycles. The first-order valence-corrected chi connectivity index (χ1v) is 4.88. The summed E-state index contributed by atoms with van der Waals surface area (Å²) in [4.78, 5) is 0. The Balaban J connectivity index is 2.31. The van der Waals surface area contributed by atoms with Crippen LogP contribution in [0.4, 0.5) is 0 Å². The number of aryl methyl sites for hydroxylation is 1. The minimum Gasteiger partial charge on any atom is -0.494 e. The van der Waals surface area contributed by atoms with Crippen LogP contribution in [0.2, 0.25) is 0 Å². The van der Waals surface area contributed by atoms with E-state index in [0.717, 1.165) is 12.2 Å². The lowest BCUT2D eigenvalue weighted by molar-refractivity contribution is 0.290. The molecule has 3 N–H and O–H groups in total. The lowest BCUT2D eigenvalue weighted by Gasteiger charge is -2.11. The molecule has 0 saturated heterocycles. The van der Waals surface area contributed by atoms with E-state index in [9.17, 15) is 0 Å². The highest BCUT2D eigenvalue weighted by Gasteiger charge is 1.99. The molecular formula is C11H18N2O. The third kappa shape index (κ3) is 3.77. The quantitative estimate of drug-likeness (QED) is 0.553. The van der Waals surface area contributed by atoms with Gasteiger partial charge in [-0.05, 0) is 38.0 Å². The Labute approximate surface area is 85.2 Å². The summed E-state index contributed by atoms with van der Waals surface area (Å²) in [5.74, 6) is 6.20. The Morgan fingerprint density at radius 2 is 2.29 bits per heavy atom. The number of nitrogens with one attached hydrogen (secondary N) is 1. The topological polar surface area (TPSA) is 47.3 Å². The summed E-state index contributed by atoms with van der Waals surface area (Å²) in [6.07, 6.45) is 0.907. The van der Waals surface area contributed by atoms with Gasteiger partial charge >= 0.3 is 0 Å². The second kappa shape index (κ2) is 5.62. The minimum absolute atomic E-state index is 0.291. The zero-order chi connectivity index (χ0) is 10.4. The van der Waals surface area contributed by atoms with Gasteiger partial charge in [0.25, 0.3) is 0 Å². The van der Waals surface area contributed by atoms with Gasteiger partial charge in [-0.2, -0.15) is 0 Å². The van der Waals surface area contributed by atoms with Gasteiger partial charge in [0.2, 0.25) is 0 Å². The Hall–Kier alpha value is -1.06. The highest BCUT2D eigenvalue weighted by Crippen LogP contribution is 2.12. The summed E-state index contributed by atoms with van der Waals surface area (Å²) < 4.78 is 5.56. The summed E-state index contributed by atoms with van der Waals surface area (Å²) in [7, 11) is 0. The van der Waals surface area contributed by atoms with E-state index in [4.69, 9.17) is 10.6 Å². The number of hydrogen-bond donors (Lipinski definition) is 2. The van der Waals surface area contributed by atoms with Crippen LogP contribution in [-0.2, 0) is 0 Å². The van der Waals surface area contributed by atoms with Crippen LogP contribution in [-0.4, -0.2) is 12.6 Å². The van der Waals surface area contributed by atoms with E-state index in [1.807, 2.05) is 25.1 Å². The number of rotatable bonds is 5. The first kappa shape index (κ1) is 11.0. The van der Waals surface area contributed by atoms with E-state index in [0.29, 0.717) is 12.6 Å². The molecule has 0 aromatic heterocycles. The van der Waals surface area contributed by atoms with Gasteiger partial charge in [0.15, 0.2) is 0 Å². The Morgan fingerprint density at radius 3 is 2.93 bits per heavy atom. The van der Waals surface area contributed by atoms with Gasteiger partial charge in [-0.25, -0.2) is 0 Å². The van der Waals surface area contributed by atoms with Crippen molar-refractivity contribution in [2.24, 2.45) is 5.84 Å². The SMILES string of the molecule is Cc1cccc(OCCC(C)NN)c1. The molecule has 14 heavy (non-hydrogen) atoms. The van der Waals surface area contributed by atoms with Crippen LogP contribution in [0.1, 0.15) is 18.9 Å². The van der Waals surface area contributed by atoms with Gasteiger partial charge < -0.3 is 4.74 Å². The molecule has 0 bridgehead atoms. The zero-order valence-corrected chi connectivity index (χ0v) is 8.79. The number of benzene rings is 1. The van der Waals surface area contributed by atoms with Gasteiger partial charge in [0.1, 0.15) is 5.75 Å². The molecule has 0 heterocycles. The number of ether oxygens (including phenoxy) is 1. The molecule has 0 fully saturated rings. The average molecular weight is 194 g/mol. The normalized spacial score (nSPS) is 12.5. The molecular weight excluding hydrogens is 176 g/mol. The molecule has 1 aromatic rings. The Bertz CT molecular complexity index is 276. The Kier molecular flexibility index (Phi) is 4.43. The lowest BCUT2D eigenvalue weighted by atomic mass is 10.2. The molecule has 1 aromatic carbocycles. The van der Waals surface area contributed by atoms with Crippen LogP contribution in [0, 0.1) is 6.92 Å². The van der Waals surface area contributed by atoms with Crippen molar-refractivity contribution in [3.63, 3.8) is 0 Å². The van der Waals surface area contributed by atoms with E-state index in [2.05, 4.69) is 18.4 Å². The van der Waals surface area contributed by atoms with Crippen LogP contribution in [0.25, 0.3) is 0 Å². The average Bonchev–Trinajstić information content (AvgIpc) is 2.17. The fourth-order valence-electron chi connectivity index (χ4n) is 1.14. The van der Waals surface area contributed by atoms with Gasteiger partial charge in [-0.3, -0.25) is 11.3 Å². The fourth-order valence-corrected chi connectivity index (χ4v) is 1.14. The van der Waals surface area contributed by atoms with Crippen molar-refractivity contribution >= 4 is 0 Å². The van der Waals surface area contributed by atoms with Crippen molar-refractivity contribution < 1.29 is 4.74 Å². The second-order valence-electron chi connectivity index (χ2n) is 3.52. The summed E-state index contributed by atoms with van der Waals surface area (Å²) in [5, 5.41) is 0. The number of hydrazine groups is 1. The van der Waals surface area contributed by atoms with Crippen molar-refractivity contribution in [2.75, 3.05) is 6.61 Å². The molecule has 3 nitrogen and oxygen atoms in total. The molecule has 0 radical (unpaired) electrons. The molecule has 3 heteroatoms. The van der Waals surface area contributed by atoms with Crippen molar-refractivity contribution in [1.29, 1.82) is 0 Å². The van der Waals surface area contributed by atoms with Crippen LogP contribution >= 0.6 is 0 Å². The highest BCUT2D eigenvalue weighted by molar-refractivity contribution is 5.27. The van der Waals surface area contributed by atoms with Gasteiger partial charge in [0, 0.05) is 6.04 Å². The minimum atomic E-state index is 0.291. The van der Waals surface area contributed by atoms with Gasteiger partial charge in [0.05, 0.1) is 6.61 Å². The third-order valence-electron chi connectivity index (χ3n) is 2.09. The fraction of sp³-hybridized carbons (Fsp3) is 0.455. The van der Waals surface area contributed by atoms with Gasteiger partial charge in [-0.15, -0.1) is 0 Å². The third-order valence-corrected chi connectivity index (χ3v) is 2.09. The van der Waals surface area contributed by atoms with Crippen molar-refractivity contribution in [3.05, 3.63) is 29.8 Å². The summed E-state index contributed by atoms with van der Waals surface area (Å²) in [5.41, 5.74) is 3.90. The summed E-state index contributed by atoms with van der Waals surface area (Å²) >= 11 is 0. The maximum absolute atomic E-state index is 5.56. The first-order valence-electron chi connectivity index (χ1n) is 4.88. The predicted molar refractivity (Wildman–Crippen MR) is 58.1 cm³/mol. The predicted octanol–water partition coefficient (Wildman–Crippen LogP) is 1.62. The van der Waals surface area contributed by atoms with Crippen molar-refractivity contribution in [1.82, 2.24) is 5.43 Å². The standard InChI is InChI=1S/C11H18N2O/c1-9-4-3-5-11(8-9)14-7-6-10(2)13-12/h3-5,8,10,13H,6-7,12H2,1-2H3. The second-order valence-corrected chi connectivity index (χ2v) is 3.52. The maximum Gasteiger partial charge on any atom is 0.119 e. The molecule has 1 rings (SSSR count). The molecule has 1 atom stereocenters. The van der Waals surface area contributed by atoms with E-state index in [-0.39, 0.29) is 0 Å². The monoisotopic (exact) mass is 194 g/mol. The van der Waals surface area contributed by atoms with Crippen LogP contribution < -0.4 is 16.0 Å². The molecule has 0 spiro atoms. The molecule has 78 valence electrons. The van der Waals surface area contributed by atoms with E-state index >= 15 is 0 Å². The maximum atomic E-state index is 5.56. The van der Waals surface area contributed by atoms with E-state index in [1.165, 1.54) is 5.56 Å². The summed E-state index contributed by atoms with van der Waals surface area (Å²) in [6, 6.07) is 8.33. The van der Waals surface area contributed by atoms with Crippen molar-refractivity contribution in [2.45, 2.75) is 26.3 Å². The first-order chi connectivity index (χ1) is 6.72. The smallest absolute Gasteiger partial charge is 0.119 e. The van der Waals surface area contributed by atoms with Crippen LogP contribution in [0.3, 0.4) is 0 Å². The zero-order valence-electron chi connectivity index (χ0n) is 8.79. The summed E-state index contributed by atoms with van der Waals surface area (Å²) in [6.45, 7) is 4.77. The number of nitrogens with two attached hydrogens (primary N) is 1. The van der Waals surface area contributed by atoms with E-state index < -0.39 is 0 Å². The van der Waals surface area contributed by atoms with E-state index in [1.54, 1.807) is 0 Å². The highest BCUT2D eigenvalue weighted by atomic mass is 16.5. The van der Waals surface area contributed by atoms with Gasteiger partial charge in [-0.1, -0.05) is 12.1 Å². The molecule has 0 aliphatic rings. The molecule has 1 unspecified atom stereocenters. The largest absolute Gasteiger partial charge is 0.494 e. The molecule has 0 amide bonds. The molecule has 0 saturated carbocycles. The number of hydrogen-bond acceptors (Lipinski definition) is 3. The van der Waals surface area contributed by atoms with Crippen LogP contribution in [0.15, 0.2) is 24.3 Å². The van der Waals surface area contributed by atoms with Crippen molar-refractivity contribution in [3.8, 4) is 5.75 Å². The van der Waals surface area contributed by atoms with Crippen LogP contribution in [0.5, 0.6) is 5.75 Å². The lowest BCUT2D eigenvalue weighted by Crippen LogP contribution is -2.33. The Morgan fingerprint density at radius 1 is 1.50 bits per heavy atom. The molecule has 0 aliphatic heterocycles.